The van der Waals surface area contributed by atoms with E-state index in [1.807, 2.05) is 25.1 Å². The molecule has 0 aromatic heterocycles. The van der Waals surface area contributed by atoms with Crippen LogP contribution in [0.2, 0.25) is 0 Å². The molecule has 0 saturated carbocycles. The van der Waals surface area contributed by atoms with E-state index in [1.54, 1.807) is 12.1 Å². The highest BCUT2D eigenvalue weighted by Crippen LogP contribution is 2.03. The van der Waals surface area contributed by atoms with Gasteiger partial charge in [-0.25, -0.2) is 0 Å². The summed E-state index contributed by atoms with van der Waals surface area (Å²) in [4.78, 5) is 11.8. The summed E-state index contributed by atoms with van der Waals surface area (Å²) in [5.41, 5.74) is 0.667. The lowest BCUT2D eigenvalue weighted by Gasteiger charge is -2.14. The van der Waals surface area contributed by atoms with Crippen LogP contribution >= 0.6 is 0 Å². The first kappa shape index (κ1) is 10.9. The van der Waals surface area contributed by atoms with E-state index < -0.39 is 6.23 Å². The van der Waals surface area contributed by atoms with Crippen molar-refractivity contribution in [2.24, 2.45) is 0 Å². The Morgan fingerprint density at radius 3 is 2.57 bits per heavy atom. The third-order valence-corrected chi connectivity index (χ3v) is 1.92. The van der Waals surface area contributed by atoms with Crippen molar-refractivity contribution in [3.8, 4) is 0 Å². The van der Waals surface area contributed by atoms with Crippen LogP contribution < -0.4 is 5.32 Å². The summed E-state index contributed by atoms with van der Waals surface area (Å²) in [6, 6.07) is 9.13. The van der Waals surface area contributed by atoms with Crippen molar-refractivity contribution in [3.05, 3.63) is 35.9 Å². The molecule has 3 heteroatoms. The molecule has 0 aliphatic rings. The second-order valence-electron chi connectivity index (χ2n) is 2.90. The van der Waals surface area contributed by atoms with Gasteiger partial charge >= 0.3 is 0 Å². The molecule has 0 bridgehead atoms. The molecule has 0 heterocycles. The average Bonchev–Trinajstić information content (AvgIpc) is 2.26. The van der Waals surface area contributed by atoms with Crippen LogP contribution in [0.3, 0.4) is 0 Å². The minimum atomic E-state index is -0.539. The quantitative estimate of drug-likeness (QED) is 0.568. The van der Waals surface area contributed by atoms with Gasteiger partial charge in [0.05, 0.1) is 0 Å². The highest BCUT2D eigenvalue weighted by Gasteiger charge is 2.17. The van der Waals surface area contributed by atoms with Gasteiger partial charge in [0.15, 0.2) is 6.23 Å². The summed E-state index contributed by atoms with van der Waals surface area (Å²) in [5, 5.41) is 2.96. The van der Waals surface area contributed by atoms with E-state index in [9.17, 15) is 4.79 Å². The maximum absolute atomic E-state index is 11.8. The summed E-state index contributed by atoms with van der Waals surface area (Å²) in [6.07, 6.45) is -0.539. The number of carbonyl (C=O) groups is 1. The lowest BCUT2D eigenvalue weighted by atomic mass is 10.1. The van der Waals surface area contributed by atoms with Gasteiger partial charge in [0.25, 0.3) is 0 Å². The summed E-state index contributed by atoms with van der Waals surface area (Å²) in [6.45, 7) is 2.64. The third-order valence-electron chi connectivity index (χ3n) is 1.92. The molecule has 0 spiro atoms. The van der Waals surface area contributed by atoms with Gasteiger partial charge in [-0.1, -0.05) is 37.3 Å². The fourth-order valence-corrected chi connectivity index (χ4v) is 1.22. The molecule has 0 radical (unpaired) electrons. The molecule has 1 N–H and O–H groups in total. The van der Waals surface area contributed by atoms with Gasteiger partial charge < -0.3 is 4.74 Å². The minimum absolute atomic E-state index is 0.0325. The minimum Gasteiger partial charge on any atom is -0.359 e. The Balaban J connectivity index is 2.73. The standard InChI is InChI=1S/C11H15NO2/c1-3-12-11(14-2)10(13)9-7-5-4-6-8-9/h4-8,11-12H,3H2,1-2H3. The Bertz CT molecular complexity index is 285. The summed E-state index contributed by atoms with van der Waals surface area (Å²) >= 11 is 0. The number of likely N-dealkylation sites (N-methyl/N-ethyl adjacent to an activating group) is 1. The van der Waals surface area contributed by atoms with Crippen molar-refractivity contribution in [3.63, 3.8) is 0 Å². The fourth-order valence-electron chi connectivity index (χ4n) is 1.22. The van der Waals surface area contributed by atoms with E-state index in [4.69, 9.17) is 4.74 Å². The zero-order chi connectivity index (χ0) is 10.4. The number of rotatable bonds is 5. The molecule has 0 saturated heterocycles. The van der Waals surface area contributed by atoms with Crippen LogP contribution in [0.4, 0.5) is 0 Å². The highest BCUT2D eigenvalue weighted by molar-refractivity contribution is 5.99. The highest BCUT2D eigenvalue weighted by atomic mass is 16.5. The largest absolute Gasteiger partial charge is 0.359 e. The topological polar surface area (TPSA) is 38.3 Å². The molecule has 1 atom stereocenters. The molecule has 0 fully saturated rings. The van der Waals surface area contributed by atoms with E-state index in [-0.39, 0.29) is 5.78 Å². The van der Waals surface area contributed by atoms with Crippen molar-refractivity contribution in [1.82, 2.24) is 5.32 Å². The lowest BCUT2D eigenvalue weighted by molar-refractivity contribution is 0.0503. The average molecular weight is 193 g/mol. The van der Waals surface area contributed by atoms with Gasteiger partial charge in [-0.05, 0) is 6.54 Å². The number of benzene rings is 1. The van der Waals surface area contributed by atoms with E-state index >= 15 is 0 Å². The SMILES string of the molecule is CCNC(OC)C(=O)c1ccccc1. The number of hydrogen-bond acceptors (Lipinski definition) is 3. The monoisotopic (exact) mass is 193 g/mol. The first-order chi connectivity index (χ1) is 6.79. The van der Waals surface area contributed by atoms with E-state index in [1.165, 1.54) is 7.11 Å². The molecule has 14 heavy (non-hydrogen) atoms. The van der Waals surface area contributed by atoms with Crippen LogP contribution in [0.1, 0.15) is 17.3 Å². The zero-order valence-corrected chi connectivity index (χ0v) is 8.49. The number of ether oxygens (including phenoxy) is 1. The number of carbonyl (C=O) groups excluding carboxylic acids is 1. The van der Waals surface area contributed by atoms with Crippen molar-refractivity contribution < 1.29 is 9.53 Å². The molecule has 0 aliphatic carbocycles. The van der Waals surface area contributed by atoms with Crippen LogP contribution in [0, 0.1) is 0 Å². The van der Waals surface area contributed by atoms with Gasteiger partial charge in [0.1, 0.15) is 0 Å². The summed E-state index contributed by atoms with van der Waals surface area (Å²) < 4.78 is 5.05. The number of ketones is 1. The van der Waals surface area contributed by atoms with Crippen molar-refractivity contribution >= 4 is 5.78 Å². The predicted octanol–water partition coefficient (Wildman–Crippen LogP) is 1.45. The molecule has 76 valence electrons. The Morgan fingerprint density at radius 1 is 1.43 bits per heavy atom. The number of methoxy groups -OCH3 is 1. The molecule has 0 amide bonds. The van der Waals surface area contributed by atoms with Crippen molar-refractivity contribution in [2.45, 2.75) is 13.2 Å². The molecule has 0 aliphatic heterocycles. The molecular formula is C11H15NO2. The predicted molar refractivity (Wildman–Crippen MR) is 55.2 cm³/mol. The maximum Gasteiger partial charge on any atom is 0.206 e. The van der Waals surface area contributed by atoms with Crippen LogP contribution in [0.5, 0.6) is 0 Å². The number of hydrogen-bond donors (Lipinski definition) is 1. The maximum atomic E-state index is 11.8. The first-order valence-corrected chi connectivity index (χ1v) is 4.65. The molecule has 1 aromatic rings. The number of nitrogens with one attached hydrogen (secondary N) is 1. The van der Waals surface area contributed by atoms with Gasteiger partial charge in [-0.2, -0.15) is 0 Å². The molecular weight excluding hydrogens is 178 g/mol. The second-order valence-corrected chi connectivity index (χ2v) is 2.90. The molecule has 1 aromatic carbocycles. The van der Waals surface area contributed by atoms with Crippen LogP contribution in [0.25, 0.3) is 0 Å². The summed E-state index contributed by atoms with van der Waals surface area (Å²) in [5.74, 6) is -0.0325. The molecule has 1 rings (SSSR count). The number of Topliss-reactive ketones (excluding diaryl/α,β-unsaturated/α-hetero) is 1. The lowest BCUT2D eigenvalue weighted by Crippen LogP contribution is -2.38. The van der Waals surface area contributed by atoms with E-state index in [0.717, 1.165) is 0 Å². The van der Waals surface area contributed by atoms with E-state index in [2.05, 4.69) is 5.32 Å². The normalized spacial score (nSPS) is 12.4. The second kappa shape index (κ2) is 5.52. The first-order valence-electron chi connectivity index (χ1n) is 4.65. The van der Waals surface area contributed by atoms with Crippen molar-refractivity contribution in [2.75, 3.05) is 13.7 Å². The Labute approximate surface area is 84.1 Å². The van der Waals surface area contributed by atoms with Crippen molar-refractivity contribution in [1.29, 1.82) is 0 Å². The van der Waals surface area contributed by atoms with Gasteiger partial charge in [-0.15, -0.1) is 0 Å². The molecule has 1 unspecified atom stereocenters. The van der Waals surface area contributed by atoms with E-state index in [0.29, 0.717) is 12.1 Å². The van der Waals surface area contributed by atoms with Gasteiger partial charge in [0, 0.05) is 12.7 Å². The van der Waals surface area contributed by atoms with Crippen LogP contribution in [-0.2, 0) is 4.74 Å². The summed E-state index contributed by atoms with van der Waals surface area (Å²) in [7, 11) is 1.52. The Hall–Kier alpha value is -1.19. The van der Waals surface area contributed by atoms with Gasteiger partial charge in [-0.3, -0.25) is 10.1 Å². The Kier molecular flexibility index (Phi) is 4.29. The molecule has 3 nitrogen and oxygen atoms in total. The smallest absolute Gasteiger partial charge is 0.206 e. The third kappa shape index (κ3) is 2.65. The Morgan fingerprint density at radius 2 is 2.07 bits per heavy atom. The van der Waals surface area contributed by atoms with Crippen LogP contribution in [0.15, 0.2) is 30.3 Å². The zero-order valence-electron chi connectivity index (χ0n) is 8.49. The van der Waals surface area contributed by atoms with Crippen LogP contribution in [-0.4, -0.2) is 25.7 Å². The fraction of sp³-hybridized carbons (Fsp3) is 0.364. The van der Waals surface area contributed by atoms with Gasteiger partial charge in [0.2, 0.25) is 5.78 Å².